The van der Waals surface area contributed by atoms with Crippen LogP contribution in [0, 0.1) is 53.4 Å². The van der Waals surface area contributed by atoms with E-state index in [2.05, 4.69) is 53.4 Å². The van der Waals surface area contributed by atoms with Crippen molar-refractivity contribution in [1.82, 2.24) is 15.0 Å². The lowest BCUT2D eigenvalue weighted by atomic mass is 9.46. The lowest BCUT2D eigenvalue weighted by Gasteiger charge is -2.58. The largest absolute Gasteiger partial charge is 0.238 e. The van der Waals surface area contributed by atoms with Crippen LogP contribution in [0.3, 0.4) is 0 Å². The predicted octanol–water partition coefficient (Wildman–Crippen LogP) is 11.9. The fraction of sp³-hybridized carbons (Fsp3) is 0.408. The Morgan fingerprint density at radius 2 is 0.944 bits per heavy atom. The van der Waals surface area contributed by atoms with E-state index in [0.29, 0.717) is 45.1 Å². The first-order valence-electron chi connectivity index (χ1n) is 20.4. The van der Waals surface area contributed by atoms with Crippen molar-refractivity contribution >= 4 is 5.69 Å². The molecule has 0 amide bonds. The van der Waals surface area contributed by atoms with E-state index in [-0.39, 0.29) is 0 Å². The highest BCUT2D eigenvalue weighted by atomic mass is 15.0. The van der Waals surface area contributed by atoms with E-state index in [1.165, 1.54) is 88.2 Å². The number of nitriles is 1. The van der Waals surface area contributed by atoms with E-state index < -0.39 is 0 Å². The first-order chi connectivity index (χ1) is 26.4. The minimum absolute atomic E-state index is 0.354. The van der Waals surface area contributed by atoms with Crippen LogP contribution in [0.1, 0.15) is 93.7 Å². The SMILES string of the molecule is [C-]#[N+]c1cc(C#N)cc(-c2nc(-c3ccccc3)nc(-c3ccc(-c4cc(C56CC7CC(CC(C7)C5)C6)cc(C56CC7CC(CC(C7)C5)C6)c4)cc3)n2)c1. The van der Waals surface area contributed by atoms with Crippen molar-refractivity contribution in [2.24, 2.45) is 35.5 Å². The summed E-state index contributed by atoms with van der Waals surface area (Å²) in [6.07, 6.45) is 17.2. The third-order valence-electron chi connectivity index (χ3n) is 14.8. The van der Waals surface area contributed by atoms with Crippen LogP contribution in [0.2, 0.25) is 0 Å². The molecule has 8 aliphatic carbocycles. The molecule has 8 fully saturated rings. The minimum atomic E-state index is 0.354. The fourth-order valence-corrected chi connectivity index (χ4v) is 13.4. The number of aromatic nitrogens is 3. The lowest BCUT2D eigenvalue weighted by Crippen LogP contribution is -2.50. The van der Waals surface area contributed by atoms with Gasteiger partial charge in [0.15, 0.2) is 23.2 Å². The molecule has 0 spiro atoms. The maximum atomic E-state index is 9.70. The Morgan fingerprint density at radius 3 is 1.41 bits per heavy atom. The van der Waals surface area contributed by atoms with Gasteiger partial charge in [-0.25, -0.2) is 19.8 Å². The van der Waals surface area contributed by atoms with Crippen molar-refractivity contribution in [3.8, 4) is 51.4 Å². The maximum absolute atomic E-state index is 9.70. The molecule has 5 aromatic rings. The standard InChI is InChI=1S/C49H45N5/c1-51-44-18-36(29-50)17-41(21-44)47-53-45(38-5-3-2-4-6-38)52-46(54-47)39-9-7-37(8-10-39)40-19-42(48-23-30-11-31(24-48)13-32(12-30)25-48)22-43(20-40)49-26-33-14-34(27-49)16-35(15-33)28-49/h2-10,17-22,30-35H,11-16,23-28H2. The number of nitrogens with zero attached hydrogens (tertiary/aromatic N) is 5. The molecule has 0 saturated heterocycles. The highest BCUT2D eigenvalue weighted by Gasteiger charge is 2.54. The molecule has 8 aliphatic rings. The van der Waals surface area contributed by atoms with Gasteiger partial charge in [0.05, 0.1) is 12.6 Å². The average molecular weight is 704 g/mol. The van der Waals surface area contributed by atoms with Crippen molar-refractivity contribution in [3.63, 3.8) is 0 Å². The van der Waals surface area contributed by atoms with E-state index in [1.54, 1.807) is 29.3 Å². The van der Waals surface area contributed by atoms with Crippen LogP contribution in [0.15, 0.2) is 91.0 Å². The average Bonchev–Trinajstić information content (AvgIpc) is 3.20. The zero-order chi connectivity index (χ0) is 36.0. The smallest absolute Gasteiger partial charge is 0.189 e. The van der Waals surface area contributed by atoms with E-state index in [0.717, 1.165) is 46.6 Å². The molecule has 54 heavy (non-hydrogen) atoms. The Hall–Kier alpha value is -5.13. The van der Waals surface area contributed by atoms with Crippen LogP contribution >= 0.6 is 0 Å². The molecule has 1 heterocycles. The van der Waals surface area contributed by atoms with Crippen LogP contribution in [-0.2, 0) is 10.8 Å². The summed E-state index contributed by atoms with van der Waals surface area (Å²) in [5, 5.41) is 9.70. The molecule has 266 valence electrons. The van der Waals surface area contributed by atoms with Gasteiger partial charge in [-0.05, 0) is 164 Å². The Kier molecular flexibility index (Phi) is 7.30. The first-order valence-corrected chi connectivity index (χ1v) is 20.4. The molecule has 0 N–H and O–H groups in total. The normalized spacial score (nSPS) is 31.3. The summed E-state index contributed by atoms with van der Waals surface area (Å²) in [6.45, 7) is 7.61. The molecule has 8 bridgehead atoms. The summed E-state index contributed by atoms with van der Waals surface area (Å²) in [5.41, 5.74) is 9.90. The van der Waals surface area contributed by atoms with Gasteiger partial charge in [-0.1, -0.05) is 72.8 Å². The molecule has 0 unspecified atom stereocenters. The summed E-state index contributed by atoms with van der Waals surface area (Å²) >= 11 is 0. The molecule has 0 radical (unpaired) electrons. The van der Waals surface area contributed by atoms with Crippen molar-refractivity contribution in [1.29, 1.82) is 5.26 Å². The second-order valence-corrected chi connectivity index (χ2v) is 18.4. The predicted molar refractivity (Wildman–Crippen MR) is 212 cm³/mol. The van der Waals surface area contributed by atoms with Gasteiger partial charge in [0.1, 0.15) is 0 Å². The van der Waals surface area contributed by atoms with Crippen LogP contribution in [0.5, 0.6) is 0 Å². The van der Waals surface area contributed by atoms with Crippen LogP contribution in [0.4, 0.5) is 5.69 Å². The van der Waals surface area contributed by atoms with Crippen LogP contribution in [0.25, 0.3) is 50.1 Å². The van der Waals surface area contributed by atoms with Gasteiger partial charge in [-0.15, -0.1) is 0 Å². The quantitative estimate of drug-likeness (QED) is 0.165. The number of hydrogen-bond acceptors (Lipinski definition) is 4. The summed E-state index contributed by atoms with van der Waals surface area (Å²) in [7, 11) is 0. The van der Waals surface area contributed by atoms with Gasteiger partial charge in [-0.3, -0.25) is 0 Å². The highest BCUT2D eigenvalue weighted by molar-refractivity contribution is 5.73. The van der Waals surface area contributed by atoms with Crippen LogP contribution < -0.4 is 0 Å². The number of rotatable bonds is 6. The van der Waals surface area contributed by atoms with Crippen molar-refractivity contribution in [2.75, 3.05) is 0 Å². The Morgan fingerprint density at radius 1 is 0.500 bits per heavy atom. The molecule has 1 aromatic heterocycles. The lowest BCUT2D eigenvalue weighted by molar-refractivity contribution is -0.00832. The molecular weight excluding hydrogens is 659 g/mol. The maximum Gasteiger partial charge on any atom is 0.189 e. The van der Waals surface area contributed by atoms with Gasteiger partial charge < -0.3 is 0 Å². The Bertz CT molecular complexity index is 2210. The fourth-order valence-electron chi connectivity index (χ4n) is 13.4. The molecule has 13 rings (SSSR count). The van der Waals surface area contributed by atoms with Crippen molar-refractivity contribution < 1.29 is 0 Å². The summed E-state index contributed by atoms with van der Waals surface area (Å²) in [6, 6.07) is 34.1. The summed E-state index contributed by atoms with van der Waals surface area (Å²) in [4.78, 5) is 18.4. The monoisotopic (exact) mass is 703 g/mol. The first kappa shape index (κ1) is 32.3. The van der Waals surface area contributed by atoms with Crippen molar-refractivity contribution in [3.05, 3.63) is 119 Å². The minimum Gasteiger partial charge on any atom is -0.238 e. The van der Waals surface area contributed by atoms with E-state index in [9.17, 15) is 5.26 Å². The molecule has 8 saturated carbocycles. The van der Waals surface area contributed by atoms with Gasteiger partial charge >= 0.3 is 0 Å². The Balaban J connectivity index is 1.01. The van der Waals surface area contributed by atoms with Crippen molar-refractivity contribution in [2.45, 2.75) is 87.9 Å². The van der Waals surface area contributed by atoms with E-state index >= 15 is 0 Å². The summed E-state index contributed by atoms with van der Waals surface area (Å²) < 4.78 is 0. The zero-order valence-electron chi connectivity index (χ0n) is 30.8. The summed E-state index contributed by atoms with van der Waals surface area (Å²) in [5.74, 6) is 7.11. The van der Waals surface area contributed by atoms with E-state index in [4.69, 9.17) is 21.5 Å². The van der Waals surface area contributed by atoms with Crippen LogP contribution in [-0.4, -0.2) is 15.0 Å². The highest BCUT2D eigenvalue weighted by Crippen LogP contribution is 2.64. The third-order valence-corrected chi connectivity index (χ3v) is 14.8. The number of benzene rings is 4. The third kappa shape index (κ3) is 5.42. The molecule has 0 atom stereocenters. The zero-order valence-corrected chi connectivity index (χ0v) is 30.8. The van der Waals surface area contributed by atoms with Gasteiger partial charge in [0, 0.05) is 22.3 Å². The number of hydrogen-bond donors (Lipinski definition) is 0. The van der Waals surface area contributed by atoms with Gasteiger partial charge in [0.2, 0.25) is 0 Å². The van der Waals surface area contributed by atoms with Gasteiger partial charge in [-0.2, -0.15) is 5.26 Å². The molecule has 5 nitrogen and oxygen atoms in total. The molecule has 4 aromatic carbocycles. The molecule has 0 aliphatic heterocycles. The molecular formula is C49H45N5. The Labute approximate surface area is 318 Å². The molecule has 5 heteroatoms. The van der Waals surface area contributed by atoms with Gasteiger partial charge in [0.25, 0.3) is 0 Å². The second kappa shape index (κ2) is 12.2. The second-order valence-electron chi connectivity index (χ2n) is 18.4. The van der Waals surface area contributed by atoms with E-state index in [1.807, 2.05) is 30.3 Å². The topological polar surface area (TPSA) is 66.8 Å².